The van der Waals surface area contributed by atoms with E-state index in [0.717, 1.165) is 12.1 Å². The molecule has 0 saturated carbocycles. The second-order valence-electron chi connectivity index (χ2n) is 7.91. The number of aliphatic hydroxyl groups excluding tert-OH is 1. The molecule has 1 fully saturated rings. The largest absolute Gasteiger partial charge is 0.416 e. The summed E-state index contributed by atoms with van der Waals surface area (Å²) < 4.78 is 68.5. The number of nitrogens with zero attached hydrogens (tertiary/aromatic N) is 2. The van der Waals surface area contributed by atoms with Gasteiger partial charge in [-0.15, -0.1) is 0 Å². The van der Waals surface area contributed by atoms with Gasteiger partial charge < -0.3 is 15.3 Å². The number of pyridine rings is 1. The lowest BCUT2D eigenvalue weighted by Crippen LogP contribution is -2.45. The lowest BCUT2D eigenvalue weighted by atomic mass is 9.89. The number of aryl methyl sites for hydroxylation is 2. The molecule has 1 aliphatic heterocycles. The summed E-state index contributed by atoms with van der Waals surface area (Å²) in [6.07, 6.45) is -2.54. The van der Waals surface area contributed by atoms with Crippen LogP contribution in [0.25, 0.3) is 0 Å². The Kier molecular flexibility index (Phi) is 9.37. The maximum Gasteiger partial charge on any atom is 0.416 e. The normalized spacial score (nSPS) is 15.4. The average Bonchev–Trinajstić information content (AvgIpc) is 2.78. The second kappa shape index (κ2) is 11.6. The molecule has 0 bridgehead atoms. The van der Waals surface area contributed by atoms with Gasteiger partial charge in [0.25, 0.3) is 0 Å². The standard InChI is InChI=1S/C22H24F5N3O2.C2H6/c1-14-11-16(4-5-17(14)22(25,26)27)29-20(32)30-8-6-21(24,7-9-30)19-18(23)12-15(13-28-19)3-2-10-31;1-2/h4-5,11-13,31H,2-3,6-10H2,1H3,(H,29,32);1-2H3. The van der Waals surface area contributed by atoms with Gasteiger partial charge in [-0.1, -0.05) is 13.8 Å². The van der Waals surface area contributed by atoms with E-state index in [4.69, 9.17) is 5.11 Å². The topological polar surface area (TPSA) is 65.5 Å². The van der Waals surface area contributed by atoms with Crippen LogP contribution in [0.3, 0.4) is 0 Å². The zero-order chi connectivity index (χ0) is 25.5. The van der Waals surface area contributed by atoms with E-state index in [2.05, 4.69) is 10.3 Å². The maximum atomic E-state index is 15.4. The molecule has 2 heterocycles. The molecule has 0 atom stereocenters. The number of aliphatic hydroxyl groups is 1. The number of rotatable bonds is 5. The van der Waals surface area contributed by atoms with Crippen molar-refractivity contribution in [2.24, 2.45) is 0 Å². The van der Waals surface area contributed by atoms with E-state index in [9.17, 15) is 22.4 Å². The van der Waals surface area contributed by atoms with E-state index in [0.29, 0.717) is 18.4 Å². The highest BCUT2D eigenvalue weighted by molar-refractivity contribution is 5.89. The van der Waals surface area contributed by atoms with Crippen molar-refractivity contribution in [1.29, 1.82) is 0 Å². The maximum absolute atomic E-state index is 15.4. The summed E-state index contributed by atoms with van der Waals surface area (Å²) in [4.78, 5) is 17.8. The van der Waals surface area contributed by atoms with E-state index >= 15 is 4.39 Å². The molecule has 2 N–H and O–H groups in total. The molecule has 0 spiro atoms. The van der Waals surface area contributed by atoms with Gasteiger partial charge in [0.05, 0.1) is 5.56 Å². The molecule has 10 heteroatoms. The fourth-order valence-corrected chi connectivity index (χ4v) is 3.79. The third-order valence-electron chi connectivity index (χ3n) is 5.57. The molecule has 0 radical (unpaired) electrons. The third-order valence-corrected chi connectivity index (χ3v) is 5.57. The van der Waals surface area contributed by atoms with Crippen LogP contribution in [-0.2, 0) is 18.3 Å². The van der Waals surface area contributed by atoms with Crippen molar-refractivity contribution in [2.75, 3.05) is 25.0 Å². The van der Waals surface area contributed by atoms with E-state index in [1.54, 1.807) is 0 Å². The molecule has 3 rings (SSSR count). The SMILES string of the molecule is CC.Cc1cc(NC(=O)N2CCC(F)(c3ncc(CCCO)cc3F)CC2)ccc1C(F)(F)F. The molecule has 1 saturated heterocycles. The molecule has 34 heavy (non-hydrogen) atoms. The number of carbonyl (C=O) groups excluding carboxylic acids is 1. The van der Waals surface area contributed by atoms with Crippen LogP contribution in [0.1, 0.15) is 55.5 Å². The minimum atomic E-state index is -4.48. The summed E-state index contributed by atoms with van der Waals surface area (Å²) in [5.41, 5.74) is -2.38. The number of anilines is 1. The number of nitrogens with one attached hydrogen (secondary N) is 1. The van der Waals surface area contributed by atoms with E-state index < -0.39 is 29.3 Å². The number of urea groups is 1. The lowest BCUT2D eigenvalue weighted by molar-refractivity contribution is -0.138. The van der Waals surface area contributed by atoms with Crippen LogP contribution >= 0.6 is 0 Å². The Morgan fingerprint density at radius 3 is 2.38 bits per heavy atom. The number of likely N-dealkylation sites (tertiary alicyclic amines) is 1. The summed E-state index contributed by atoms with van der Waals surface area (Å²) in [7, 11) is 0. The number of hydrogen-bond acceptors (Lipinski definition) is 3. The van der Waals surface area contributed by atoms with Crippen molar-refractivity contribution in [2.45, 2.75) is 58.3 Å². The van der Waals surface area contributed by atoms with Gasteiger partial charge in [0.15, 0.2) is 5.67 Å². The van der Waals surface area contributed by atoms with E-state index in [1.165, 1.54) is 30.2 Å². The average molecular weight is 488 g/mol. The number of alkyl halides is 4. The van der Waals surface area contributed by atoms with Crippen LogP contribution < -0.4 is 5.32 Å². The van der Waals surface area contributed by atoms with Crippen LogP contribution in [0.15, 0.2) is 30.5 Å². The first-order chi connectivity index (χ1) is 16.0. The van der Waals surface area contributed by atoms with Crippen LogP contribution in [0.5, 0.6) is 0 Å². The zero-order valence-corrected chi connectivity index (χ0v) is 19.5. The molecule has 0 unspecified atom stereocenters. The van der Waals surface area contributed by atoms with Gasteiger partial charge in [-0.3, -0.25) is 4.98 Å². The van der Waals surface area contributed by atoms with Crippen molar-refractivity contribution < 1.29 is 31.9 Å². The number of benzene rings is 1. The second-order valence-corrected chi connectivity index (χ2v) is 7.91. The van der Waals surface area contributed by atoms with Gasteiger partial charge in [0.2, 0.25) is 0 Å². The quantitative estimate of drug-likeness (QED) is 0.509. The molecule has 5 nitrogen and oxygen atoms in total. The Bertz CT molecular complexity index is 974. The highest BCUT2D eigenvalue weighted by atomic mass is 19.4. The summed E-state index contributed by atoms with van der Waals surface area (Å²) in [5.74, 6) is -0.763. The first-order valence-corrected chi connectivity index (χ1v) is 11.2. The fraction of sp³-hybridized carbons (Fsp3) is 0.500. The summed E-state index contributed by atoms with van der Waals surface area (Å²) in [6.45, 7) is 5.25. The van der Waals surface area contributed by atoms with Gasteiger partial charge in [-0.25, -0.2) is 13.6 Å². The summed E-state index contributed by atoms with van der Waals surface area (Å²) >= 11 is 0. The first kappa shape index (κ1) is 27.5. The van der Waals surface area contributed by atoms with Gasteiger partial charge in [0, 0.05) is 44.4 Å². The third kappa shape index (κ3) is 6.65. The van der Waals surface area contributed by atoms with Crippen LogP contribution in [0.2, 0.25) is 0 Å². The predicted molar refractivity (Wildman–Crippen MR) is 120 cm³/mol. The van der Waals surface area contributed by atoms with Crippen LogP contribution in [-0.4, -0.2) is 40.7 Å². The molecule has 0 aliphatic carbocycles. The minimum Gasteiger partial charge on any atom is -0.396 e. The Morgan fingerprint density at radius 2 is 1.85 bits per heavy atom. The minimum absolute atomic E-state index is 0.00463. The number of aromatic nitrogens is 1. The molecule has 2 amide bonds. The highest BCUT2D eigenvalue weighted by Gasteiger charge is 2.41. The van der Waals surface area contributed by atoms with E-state index in [-0.39, 0.29) is 49.5 Å². The molecular formula is C24H30F5N3O2. The van der Waals surface area contributed by atoms with Crippen LogP contribution in [0.4, 0.5) is 32.4 Å². The fourth-order valence-electron chi connectivity index (χ4n) is 3.79. The number of hydrogen-bond donors (Lipinski definition) is 2. The van der Waals surface area contributed by atoms with Gasteiger partial charge in [-0.05, 0) is 55.2 Å². The zero-order valence-electron chi connectivity index (χ0n) is 19.5. The van der Waals surface area contributed by atoms with Crippen molar-refractivity contribution >= 4 is 11.7 Å². The highest BCUT2D eigenvalue weighted by Crippen LogP contribution is 2.38. The van der Waals surface area contributed by atoms with Crippen molar-refractivity contribution in [1.82, 2.24) is 9.88 Å². The van der Waals surface area contributed by atoms with Crippen molar-refractivity contribution in [3.63, 3.8) is 0 Å². The molecule has 1 aliphatic rings. The Morgan fingerprint density at radius 1 is 1.21 bits per heavy atom. The van der Waals surface area contributed by atoms with Crippen molar-refractivity contribution in [3.8, 4) is 0 Å². The number of amides is 2. The Balaban J connectivity index is 0.00000199. The smallest absolute Gasteiger partial charge is 0.396 e. The van der Waals surface area contributed by atoms with E-state index in [1.807, 2.05) is 13.8 Å². The van der Waals surface area contributed by atoms with Gasteiger partial charge >= 0.3 is 12.2 Å². The van der Waals surface area contributed by atoms with Gasteiger partial charge in [-0.2, -0.15) is 13.2 Å². The lowest BCUT2D eigenvalue weighted by Gasteiger charge is -2.36. The molecule has 1 aromatic carbocycles. The number of piperidine rings is 1. The Labute approximate surface area is 196 Å². The predicted octanol–water partition coefficient (Wildman–Crippen LogP) is 5.99. The summed E-state index contributed by atoms with van der Waals surface area (Å²) in [6, 6.07) is 3.92. The molecule has 2 aromatic rings. The number of halogens is 5. The Hall–Kier alpha value is -2.75. The van der Waals surface area contributed by atoms with Gasteiger partial charge in [0.1, 0.15) is 11.5 Å². The molecular weight excluding hydrogens is 457 g/mol. The van der Waals surface area contributed by atoms with Crippen molar-refractivity contribution in [3.05, 3.63) is 58.7 Å². The monoisotopic (exact) mass is 487 g/mol. The first-order valence-electron chi connectivity index (χ1n) is 11.2. The molecule has 188 valence electrons. The summed E-state index contributed by atoms with van der Waals surface area (Å²) in [5, 5.41) is 11.4. The van der Waals surface area contributed by atoms with Crippen LogP contribution in [0, 0.1) is 12.7 Å². The number of carbonyl (C=O) groups is 1. The molecule has 1 aromatic heterocycles.